The van der Waals surface area contributed by atoms with E-state index in [4.69, 9.17) is 4.74 Å². The van der Waals surface area contributed by atoms with E-state index in [9.17, 15) is 36.2 Å². The van der Waals surface area contributed by atoms with Crippen molar-refractivity contribution in [3.63, 3.8) is 0 Å². The lowest BCUT2D eigenvalue weighted by molar-refractivity contribution is -0.144. The summed E-state index contributed by atoms with van der Waals surface area (Å²) in [5, 5.41) is 9.38. The fourth-order valence-corrected chi connectivity index (χ4v) is 4.20. The minimum atomic E-state index is -5.02. The van der Waals surface area contributed by atoms with Crippen molar-refractivity contribution in [3.8, 4) is 0 Å². The summed E-state index contributed by atoms with van der Waals surface area (Å²) >= 11 is 0. The van der Waals surface area contributed by atoms with Gasteiger partial charge in [-0.1, -0.05) is 66.7 Å². The highest BCUT2D eigenvalue weighted by Gasteiger charge is 2.38. The van der Waals surface area contributed by atoms with E-state index in [0.717, 1.165) is 17.2 Å². The topological polar surface area (TPSA) is 49.8 Å². The van der Waals surface area contributed by atoms with E-state index in [2.05, 4.69) is 0 Å². The number of aliphatic carboxylic acids is 1. The van der Waals surface area contributed by atoms with E-state index < -0.39 is 53.6 Å². The summed E-state index contributed by atoms with van der Waals surface area (Å²) in [6.45, 7) is -1.16. The summed E-state index contributed by atoms with van der Waals surface area (Å²) in [5.74, 6) is -1.50. The molecule has 0 aromatic heterocycles. The zero-order chi connectivity index (χ0) is 27.2. The first kappa shape index (κ1) is 28.2. The van der Waals surface area contributed by atoms with Gasteiger partial charge in [0.15, 0.2) is 0 Å². The number of carboxylic acids is 1. The van der Waals surface area contributed by atoms with E-state index in [1.165, 1.54) is 4.90 Å². The summed E-state index contributed by atoms with van der Waals surface area (Å²) in [7, 11) is 1.57. The highest BCUT2D eigenvalue weighted by Crippen LogP contribution is 2.38. The Morgan fingerprint density at radius 2 is 1.41 bits per heavy atom. The molecule has 3 aromatic rings. The molecule has 1 atom stereocenters. The van der Waals surface area contributed by atoms with Gasteiger partial charge >= 0.3 is 18.3 Å². The summed E-state index contributed by atoms with van der Waals surface area (Å²) < 4.78 is 85.3. The Morgan fingerprint density at radius 3 is 1.86 bits per heavy atom. The highest BCUT2D eigenvalue weighted by molar-refractivity contribution is 5.69. The average Bonchev–Trinajstić information content (AvgIpc) is 2.83. The number of alkyl halides is 6. The fourth-order valence-electron chi connectivity index (χ4n) is 4.20. The van der Waals surface area contributed by atoms with Crippen LogP contribution >= 0.6 is 0 Å². The Hall–Kier alpha value is -3.37. The number of carboxylic acid groups (broad SMARTS) is 1. The zero-order valence-electron chi connectivity index (χ0n) is 19.8. The lowest BCUT2D eigenvalue weighted by atomic mass is 9.84. The monoisotopic (exact) mass is 525 g/mol. The molecular weight excluding hydrogens is 500 g/mol. The summed E-state index contributed by atoms with van der Waals surface area (Å²) in [4.78, 5) is 13.0. The lowest BCUT2D eigenvalue weighted by Gasteiger charge is -2.34. The van der Waals surface area contributed by atoms with E-state index >= 15 is 0 Å². The second kappa shape index (κ2) is 11.8. The van der Waals surface area contributed by atoms with E-state index in [-0.39, 0.29) is 19.2 Å². The predicted octanol–water partition coefficient (Wildman–Crippen LogP) is 6.46. The van der Waals surface area contributed by atoms with Gasteiger partial charge in [0.1, 0.15) is 0 Å². The third-order valence-corrected chi connectivity index (χ3v) is 5.94. The summed E-state index contributed by atoms with van der Waals surface area (Å²) in [6, 6.07) is 19.1. The van der Waals surface area contributed by atoms with Crippen molar-refractivity contribution in [2.24, 2.45) is 0 Å². The van der Waals surface area contributed by atoms with Crippen LogP contribution in [-0.4, -0.2) is 42.2 Å². The number of hydrogen-bond acceptors (Lipinski definition) is 3. The molecule has 0 bridgehead atoms. The van der Waals surface area contributed by atoms with Gasteiger partial charge in [-0.05, 0) is 35.9 Å². The maximum atomic E-state index is 13.5. The van der Waals surface area contributed by atoms with Gasteiger partial charge in [-0.3, -0.25) is 9.69 Å². The van der Waals surface area contributed by atoms with Crippen LogP contribution in [0.3, 0.4) is 0 Å². The second-order valence-electron chi connectivity index (χ2n) is 8.56. The van der Waals surface area contributed by atoms with Gasteiger partial charge in [-0.15, -0.1) is 0 Å². The smallest absolute Gasteiger partial charge is 0.416 e. The largest absolute Gasteiger partial charge is 0.480 e. The molecule has 0 aliphatic rings. The number of ether oxygens (including phenoxy) is 1. The standard InChI is InChI=1S/C27H25F6NO3/c1-34(15-24(35)36)23(25(18-8-4-2-5-9-18)19-10-6-3-7-11-19)17-37-16-20-12-13-21(26(28,29)30)14-22(20)27(31,32)33/h2-14,23,25H,15-17H2,1H3,(H,35,36). The molecule has 0 aliphatic heterocycles. The number of hydrogen-bond donors (Lipinski definition) is 1. The summed E-state index contributed by atoms with van der Waals surface area (Å²) in [6.07, 6.45) is -9.95. The number of halogens is 6. The molecule has 0 aliphatic carbocycles. The highest BCUT2D eigenvalue weighted by atomic mass is 19.4. The van der Waals surface area contributed by atoms with E-state index in [1.54, 1.807) is 7.05 Å². The van der Waals surface area contributed by atoms with Gasteiger partial charge in [0, 0.05) is 12.0 Å². The molecule has 3 rings (SSSR count). The molecule has 1 N–H and O–H groups in total. The van der Waals surface area contributed by atoms with Crippen molar-refractivity contribution in [1.82, 2.24) is 4.90 Å². The SMILES string of the molecule is CN(CC(=O)O)C(COCc1ccc(C(F)(F)F)cc1C(F)(F)F)C(c1ccccc1)c1ccccc1. The van der Waals surface area contributed by atoms with Crippen LogP contribution < -0.4 is 0 Å². The quantitative estimate of drug-likeness (QED) is 0.309. The van der Waals surface area contributed by atoms with Crippen LogP contribution in [0.25, 0.3) is 0 Å². The Bertz CT molecular complexity index is 1130. The number of benzene rings is 3. The second-order valence-corrected chi connectivity index (χ2v) is 8.56. The first-order valence-corrected chi connectivity index (χ1v) is 11.2. The molecule has 0 saturated carbocycles. The molecule has 10 heteroatoms. The molecule has 0 fully saturated rings. The molecule has 0 radical (unpaired) electrons. The normalized spacial score (nSPS) is 13.2. The van der Waals surface area contributed by atoms with Crippen molar-refractivity contribution < 1.29 is 41.0 Å². The molecule has 0 heterocycles. The minimum Gasteiger partial charge on any atom is -0.480 e. The van der Waals surface area contributed by atoms with Crippen LogP contribution in [0.15, 0.2) is 78.9 Å². The van der Waals surface area contributed by atoms with Crippen molar-refractivity contribution >= 4 is 5.97 Å². The van der Waals surface area contributed by atoms with Crippen molar-refractivity contribution in [2.45, 2.75) is 30.9 Å². The van der Waals surface area contributed by atoms with Crippen molar-refractivity contribution in [2.75, 3.05) is 20.2 Å². The molecule has 1 unspecified atom stereocenters. The van der Waals surface area contributed by atoms with Crippen LogP contribution in [0.5, 0.6) is 0 Å². The molecule has 0 amide bonds. The van der Waals surface area contributed by atoms with E-state index in [0.29, 0.717) is 6.07 Å². The Kier molecular flexibility index (Phi) is 8.98. The first-order valence-electron chi connectivity index (χ1n) is 11.2. The number of nitrogens with zero attached hydrogens (tertiary/aromatic N) is 1. The summed E-state index contributed by atoms with van der Waals surface area (Å²) in [5.41, 5.74) is -1.61. The molecular formula is C27H25F6NO3. The molecule has 4 nitrogen and oxygen atoms in total. The predicted molar refractivity (Wildman–Crippen MR) is 125 cm³/mol. The van der Waals surface area contributed by atoms with Gasteiger partial charge in [0.05, 0.1) is 30.9 Å². The number of carbonyl (C=O) groups is 1. The number of likely N-dealkylation sites (N-methyl/N-ethyl adjacent to an activating group) is 1. The minimum absolute atomic E-state index is 0.0729. The molecule has 3 aromatic carbocycles. The molecule has 37 heavy (non-hydrogen) atoms. The third-order valence-electron chi connectivity index (χ3n) is 5.94. The molecule has 0 saturated heterocycles. The Morgan fingerprint density at radius 1 is 0.865 bits per heavy atom. The van der Waals surface area contributed by atoms with Crippen LogP contribution in [0.4, 0.5) is 26.3 Å². The molecule has 0 spiro atoms. The van der Waals surface area contributed by atoms with E-state index in [1.807, 2.05) is 60.7 Å². The van der Waals surface area contributed by atoms with Crippen LogP contribution in [0, 0.1) is 0 Å². The third kappa shape index (κ3) is 7.56. The maximum Gasteiger partial charge on any atom is 0.416 e. The number of rotatable bonds is 10. The average molecular weight is 525 g/mol. The first-order chi connectivity index (χ1) is 17.4. The molecule has 198 valence electrons. The maximum absolute atomic E-state index is 13.5. The van der Waals surface area contributed by atoms with Gasteiger partial charge in [-0.25, -0.2) is 0 Å². The van der Waals surface area contributed by atoms with Crippen LogP contribution in [-0.2, 0) is 28.5 Å². The van der Waals surface area contributed by atoms with Crippen molar-refractivity contribution in [3.05, 3.63) is 107 Å². The Balaban J connectivity index is 1.93. The van der Waals surface area contributed by atoms with Gasteiger partial charge in [-0.2, -0.15) is 26.3 Å². The van der Waals surface area contributed by atoms with Gasteiger partial charge in [0.25, 0.3) is 0 Å². The Labute approximate surface area is 210 Å². The van der Waals surface area contributed by atoms with Crippen LogP contribution in [0.1, 0.15) is 33.7 Å². The van der Waals surface area contributed by atoms with Crippen LogP contribution in [0.2, 0.25) is 0 Å². The zero-order valence-corrected chi connectivity index (χ0v) is 19.8. The lowest BCUT2D eigenvalue weighted by Crippen LogP contribution is -2.43. The van der Waals surface area contributed by atoms with Gasteiger partial charge in [0.2, 0.25) is 0 Å². The fraction of sp³-hybridized carbons (Fsp3) is 0.296. The van der Waals surface area contributed by atoms with Crippen molar-refractivity contribution in [1.29, 1.82) is 0 Å². The van der Waals surface area contributed by atoms with Gasteiger partial charge < -0.3 is 9.84 Å².